The number of oxazole rings is 1. The Hall–Kier alpha value is -2.75. The number of nitrogens with zero attached hydrogens (tertiary/aromatic N) is 1. The fraction of sp³-hybridized carbons (Fsp3) is 0.286. The summed E-state index contributed by atoms with van der Waals surface area (Å²) in [5, 5.41) is 11.8. The van der Waals surface area contributed by atoms with Crippen LogP contribution in [-0.2, 0) is 17.9 Å². The Labute approximate surface area is 148 Å². The number of hydrogen-bond acceptors (Lipinski definition) is 3. The van der Waals surface area contributed by atoms with Gasteiger partial charge in [-0.2, -0.15) is 0 Å². The number of rotatable bonds is 7. The van der Waals surface area contributed by atoms with Crippen LogP contribution in [0, 0.1) is 6.92 Å². The van der Waals surface area contributed by atoms with E-state index in [1.807, 2.05) is 43.3 Å². The first-order valence-electron chi connectivity index (χ1n) is 8.62. The molecule has 0 spiro atoms. The number of ether oxygens (including phenoxy) is 1. The average Bonchev–Trinajstić information content (AvgIpc) is 3.00. The number of benzene rings is 2. The van der Waals surface area contributed by atoms with E-state index in [-0.39, 0.29) is 5.75 Å². The maximum absolute atomic E-state index is 11.8. The summed E-state index contributed by atoms with van der Waals surface area (Å²) in [4.78, 5) is 4.58. The van der Waals surface area contributed by atoms with Crippen molar-refractivity contribution >= 4 is 0 Å². The van der Waals surface area contributed by atoms with Crippen LogP contribution in [0.3, 0.4) is 0 Å². The molecule has 0 saturated carbocycles. The standard InChI is InChI=1S/C21H22NO3/c1-3-7-17-14-18(10-11-20(17)23)24-13-12-19-15(2)25-21(22-19)16-8-5-4-6-9-16/h4-6,8-11,14H,3,7,12-13H2,1-2H3. The van der Waals surface area contributed by atoms with Crippen molar-refractivity contribution in [3.8, 4) is 23.0 Å². The largest absolute Gasteiger partial charge is 0.493 e. The first-order chi connectivity index (χ1) is 12.2. The first-order valence-corrected chi connectivity index (χ1v) is 8.62. The lowest BCUT2D eigenvalue weighted by molar-refractivity contribution is 0.315. The highest BCUT2D eigenvalue weighted by molar-refractivity contribution is 5.53. The molecule has 4 heteroatoms. The van der Waals surface area contributed by atoms with Gasteiger partial charge in [0, 0.05) is 17.5 Å². The molecule has 0 unspecified atom stereocenters. The SMILES string of the molecule is CCCc1cc(OCCc2nc(-c3ccccc3)oc2C)ccc1[O]. The Bertz CT molecular complexity index is 824. The van der Waals surface area contributed by atoms with E-state index in [0.29, 0.717) is 18.9 Å². The zero-order valence-electron chi connectivity index (χ0n) is 14.6. The highest BCUT2D eigenvalue weighted by Crippen LogP contribution is 2.25. The summed E-state index contributed by atoms with van der Waals surface area (Å²) in [5.41, 5.74) is 2.67. The molecule has 2 aromatic carbocycles. The van der Waals surface area contributed by atoms with Gasteiger partial charge in [0.1, 0.15) is 11.5 Å². The van der Waals surface area contributed by atoms with Gasteiger partial charge in [-0.05, 0) is 43.7 Å². The molecule has 0 atom stereocenters. The van der Waals surface area contributed by atoms with E-state index in [9.17, 15) is 5.11 Å². The van der Waals surface area contributed by atoms with Gasteiger partial charge in [-0.15, -0.1) is 0 Å². The smallest absolute Gasteiger partial charge is 0.226 e. The van der Waals surface area contributed by atoms with Crippen LogP contribution < -0.4 is 4.74 Å². The molecule has 3 rings (SSSR count). The predicted molar refractivity (Wildman–Crippen MR) is 96.4 cm³/mol. The number of aryl methyl sites for hydroxylation is 2. The summed E-state index contributed by atoms with van der Waals surface area (Å²) < 4.78 is 11.6. The lowest BCUT2D eigenvalue weighted by atomic mass is 10.1. The molecule has 0 amide bonds. The van der Waals surface area contributed by atoms with Crippen molar-refractivity contribution in [3.63, 3.8) is 0 Å². The maximum Gasteiger partial charge on any atom is 0.226 e. The van der Waals surface area contributed by atoms with Gasteiger partial charge in [-0.3, -0.25) is 5.11 Å². The van der Waals surface area contributed by atoms with Crippen molar-refractivity contribution in [3.05, 3.63) is 65.5 Å². The van der Waals surface area contributed by atoms with Crippen molar-refractivity contribution in [2.45, 2.75) is 33.1 Å². The van der Waals surface area contributed by atoms with E-state index in [4.69, 9.17) is 9.15 Å². The van der Waals surface area contributed by atoms with Gasteiger partial charge in [0.05, 0.1) is 12.3 Å². The normalized spacial score (nSPS) is 10.8. The van der Waals surface area contributed by atoms with Crippen LogP contribution >= 0.6 is 0 Å². The predicted octanol–water partition coefficient (Wildman–Crippen LogP) is 5.37. The molecule has 3 aromatic rings. The highest BCUT2D eigenvalue weighted by atomic mass is 16.5. The molecule has 0 aliphatic carbocycles. The van der Waals surface area contributed by atoms with Crippen molar-refractivity contribution in [1.29, 1.82) is 0 Å². The quantitative estimate of drug-likeness (QED) is 0.583. The zero-order chi connectivity index (χ0) is 17.6. The van der Waals surface area contributed by atoms with Crippen LogP contribution in [-0.4, -0.2) is 11.6 Å². The van der Waals surface area contributed by atoms with Gasteiger partial charge in [0.25, 0.3) is 0 Å². The van der Waals surface area contributed by atoms with Crippen LogP contribution in [0.4, 0.5) is 0 Å². The summed E-state index contributed by atoms with van der Waals surface area (Å²) in [6.45, 7) is 4.47. The Kier molecular flexibility index (Phi) is 5.39. The third-order valence-electron chi connectivity index (χ3n) is 4.07. The molecular formula is C21H22NO3. The monoisotopic (exact) mass is 336 g/mol. The molecular weight excluding hydrogens is 314 g/mol. The molecule has 4 nitrogen and oxygen atoms in total. The molecule has 0 N–H and O–H groups in total. The highest BCUT2D eigenvalue weighted by Gasteiger charge is 2.11. The van der Waals surface area contributed by atoms with E-state index in [1.165, 1.54) is 0 Å². The van der Waals surface area contributed by atoms with Crippen molar-refractivity contribution in [2.75, 3.05) is 6.61 Å². The van der Waals surface area contributed by atoms with E-state index < -0.39 is 0 Å². The van der Waals surface area contributed by atoms with Crippen LogP contribution in [0.5, 0.6) is 11.5 Å². The van der Waals surface area contributed by atoms with Crippen molar-refractivity contribution < 1.29 is 14.3 Å². The Balaban J connectivity index is 1.63. The third kappa shape index (κ3) is 4.21. The topological polar surface area (TPSA) is 55.2 Å². The lowest BCUT2D eigenvalue weighted by Crippen LogP contribution is -2.03. The van der Waals surface area contributed by atoms with Crippen LogP contribution in [0.2, 0.25) is 0 Å². The first kappa shape index (κ1) is 17.1. The van der Waals surface area contributed by atoms with Gasteiger partial charge < -0.3 is 9.15 Å². The zero-order valence-corrected chi connectivity index (χ0v) is 14.6. The van der Waals surface area contributed by atoms with Gasteiger partial charge >= 0.3 is 0 Å². The molecule has 1 heterocycles. The fourth-order valence-corrected chi connectivity index (χ4v) is 2.74. The fourth-order valence-electron chi connectivity index (χ4n) is 2.74. The summed E-state index contributed by atoms with van der Waals surface area (Å²) >= 11 is 0. The second-order valence-electron chi connectivity index (χ2n) is 6.01. The van der Waals surface area contributed by atoms with E-state index >= 15 is 0 Å². The van der Waals surface area contributed by atoms with Crippen LogP contribution in [0.1, 0.15) is 30.4 Å². The molecule has 25 heavy (non-hydrogen) atoms. The van der Waals surface area contributed by atoms with Gasteiger partial charge in [-0.25, -0.2) is 4.98 Å². The molecule has 1 aromatic heterocycles. The van der Waals surface area contributed by atoms with Crippen molar-refractivity contribution in [2.24, 2.45) is 0 Å². The second kappa shape index (κ2) is 7.88. The lowest BCUT2D eigenvalue weighted by Gasteiger charge is -2.07. The minimum Gasteiger partial charge on any atom is -0.493 e. The summed E-state index contributed by atoms with van der Waals surface area (Å²) in [6, 6.07) is 15.0. The maximum atomic E-state index is 11.8. The molecule has 0 saturated heterocycles. The van der Waals surface area contributed by atoms with Gasteiger partial charge in [0.15, 0.2) is 5.75 Å². The molecule has 129 valence electrons. The second-order valence-corrected chi connectivity index (χ2v) is 6.01. The van der Waals surface area contributed by atoms with Crippen LogP contribution in [0.25, 0.3) is 11.5 Å². The van der Waals surface area contributed by atoms with Crippen LogP contribution in [0.15, 0.2) is 52.9 Å². The van der Waals surface area contributed by atoms with Gasteiger partial charge in [-0.1, -0.05) is 31.5 Å². The molecule has 0 aliphatic heterocycles. The number of aromatic nitrogens is 1. The Morgan fingerprint density at radius 2 is 1.88 bits per heavy atom. The minimum atomic E-state index is 0.0778. The van der Waals surface area contributed by atoms with E-state index in [0.717, 1.165) is 41.2 Å². The number of hydrogen-bond donors (Lipinski definition) is 0. The molecule has 0 aliphatic rings. The summed E-state index contributed by atoms with van der Waals surface area (Å²) in [6.07, 6.45) is 2.38. The Morgan fingerprint density at radius 3 is 2.64 bits per heavy atom. The molecule has 1 radical (unpaired) electrons. The minimum absolute atomic E-state index is 0.0778. The summed E-state index contributed by atoms with van der Waals surface area (Å²) in [5.74, 6) is 2.25. The van der Waals surface area contributed by atoms with Gasteiger partial charge in [0.2, 0.25) is 5.89 Å². The Morgan fingerprint density at radius 1 is 1.08 bits per heavy atom. The van der Waals surface area contributed by atoms with E-state index in [2.05, 4.69) is 11.9 Å². The molecule has 0 bridgehead atoms. The molecule has 0 fully saturated rings. The third-order valence-corrected chi connectivity index (χ3v) is 4.07. The average molecular weight is 336 g/mol. The van der Waals surface area contributed by atoms with E-state index in [1.54, 1.807) is 12.1 Å². The van der Waals surface area contributed by atoms with Crippen molar-refractivity contribution in [1.82, 2.24) is 4.98 Å². The summed E-state index contributed by atoms with van der Waals surface area (Å²) in [7, 11) is 0.